The number of carbonyl (C=O) groups is 1. The molecule has 1 aromatic carbocycles. The van der Waals surface area contributed by atoms with Crippen molar-refractivity contribution in [3.63, 3.8) is 0 Å². The molecule has 0 radical (unpaired) electrons. The monoisotopic (exact) mass is 580 g/mol. The standard InChI is InChI=1S/C35H52O5Si/c1-8-10-12-14-21-38-34(37)25-39-32-18-15-16-26-22-30-27(23-31(26)32)24-33(40-41(6,7)35(3,4)5)29(30)20-19-28(36)17-13-11-9-2/h15-16,18,27-30,33,36H,9,11,13,17,19-25H2,1-7H3/t27-,28-,29+,30-,33+/m0/s1. The molecule has 2 aliphatic carbocycles. The molecular weight excluding hydrogens is 528 g/mol. The molecule has 6 heteroatoms. The Balaban J connectivity index is 1.72. The molecule has 226 valence electrons. The predicted octanol–water partition coefficient (Wildman–Crippen LogP) is 7.10. The number of ether oxygens (including phenoxy) is 2. The summed E-state index contributed by atoms with van der Waals surface area (Å²) in [5, 5.41) is 10.9. The third-order valence-corrected chi connectivity index (χ3v) is 14.0. The van der Waals surface area contributed by atoms with Crippen LogP contribution in [0.5, 0.6) is 5.75 Å². The highest BCUT2D eigenvalue weighted by molar-refractivity contribution is 6.74. The number of aliphatic hydroxyl groups is 1. The van der Waals surface area contributed by atoms with Crippen LogP contribution in [0.3, 0.4) is 0 Å². The van der Waals surface area contributed by atoms with E-state index >= 15 is 0 Å². The van der Waals surface area contributed by atoms with Gasteiger partial charge in [-0.3, -0.25) is 0 Å². The fraction of sp³-hybridized carbons (Fsp3) is 0.686. The predicted molar refractivity (Wildman–Crippen MR) is 168 cm³/mol. The van der Waals surface area contributed by atoms with E-state index < -0.39 is 14.3 Å². The van der Waals surface area contributed by atoms with Gasteiger partial charge in [-0.25, -0.2) is 4.79 Å². The molecule has 0 aromatic heterocycles. The average molecular weight is 581 g/mol. The number of aliphatic hydroxyl groups excluding tert-OH is 1. The average Bonchev–Trinajstić information content (AvgIpc) is 3.23. The Kier molecular flexibility index (Phi) is 12.4. The second-order valence-electron chi connectivity index (χ2n) is 13.4. The normalized spacial score (nSPS) is 22.3. The van der Waals surface area contributed by atoms with Crippen LogP contribution in [-0.4, -0.2) is 44.8 Å². The molecule has 1 saturated carbocycles. The molecule has 41 heavy (non-hydrogen) atoms. The highest BCUT2D eigenvalue weighted by atomic mass is 28.4. The SMILES string of the molecule is CC#CC#CCOC(=O)COc1cccc2c1C[C@H]1C[C@@H](O[Si](C)(C)C(C)(C)C)[C@H](CC[C@@H](O)CCCCC)[C@H]1C2. The quantitative estimate of drug-likeness (QED) is 0.117. The molecular formula is C35H52O5Si. The van der Waals surface area contributed by atoms with Crippen molar-refractivity contribution in [1.82, 2.24) is 0 Å². The fourth-order valence-electron chi connectivity index (χ4n) is 6.20. The molecule has 1 N–H and O–H groups in total. The number of hydrogen-bond acceptors (Lipinski definition) is 5. The maximum Gasteiger partial charge on any atom is 0.345 e. The van der Waals surface area contributed by atoms with Crippen molar-refractivity contribution in [3.05, 3.63) is 29.3 Å². The van der Waals surface area contributed by atoms with E-state index in [1.807, 2.05) is 12.1 Å². The van der Waals surface area contributed by atoms with Gasteiger partial charge in [0.1, 0.15) is 5.75 Å². The van der Waals surface area contributed by atoms with Crippen molar-refractivity contribution in [2.24, 2.45) is 17.8 Å². The lowest BCUT2D eigenvalue weighted by Gasteiger charge is -2.40. The molecule has 0 aliphatic heterocycles. The van der Waals surface area contributed by atoms with Gasteiger partial charge in [0, 0.05) is 6.10 Å². The third-order valence-electron chi connectivity index (χ3n) is 9.47. The fourth-order valence-corrected chi connectivity index (χ4v) is 7.58. The molecule has 0 saturated heterocycles. The molecule has 0 spiro atoms. The second-order valence-corrected chi connectivity index (χ2v) is 18.2. The summed E-state index contributed by atoms with van der Waals surface area (Å²) in [7, 11) is -1.95. The van der Waals surface area contributed by atoms with Crippen molar-refractivity contribution in [1.29, 1.82) is 0 Å². The smallest absolute Gasteiger partial charge is 0.345 e. The van der Waals surface area contributed by atoms with Crippen molar-refractivity contribution in [2.75, 3.05) is 13.2 Å². The van der Waals surface area contributed by atoms with Gasteiger partial charge in [-0.1, -0.05) is 65.0 Å². The second kappa shape index (κ2) is 15.3. The summed E-state index contributed by atoms with van der Waals surface area (Å²) < 4.78 is 18.3. The van der Waals surface area contributed by atoms with Gasteiger partial charge in [0.2, 0.25) is 0 Å². The topological polar surface area (TPSA) is 65.0 Å². The van der Waals surface area contributed by atoms with Crippen LogP contribution in [0.25, 0.3) is 0 Å². The molecule has 1 fully saturated rings. The summed E-state index contributed by atoms with van der Waals surface area (Å²) in [6.45, 7) is 15.4. The summed E-state index contributed by atoms with van der Waals surface area (Å²) in [6, 6.07) is 6.20. The van der Waals surface area contributed by atoms with Crippen LogP contribution in [0.1, 0.15) is 90.7 Å². The number of carbonyl (C=O) groups excluding carboxylic acids is 1. The summed E-state index contributed by atoms with van der Waals surface area (Å²) in [5.41, 5.74) is 2.52. The van der Waals surface area contributed by atoms with Crippen LogP contribution in [-0.2, 0) is 26.8 Å². The Bertz CT molecular complexity index is 1130. The lowest BCUT2D eigenvalue weighted by molar-refractivity contribution is -0.144. The van der Waals surface area contributed by atoms with E-state index in [9.17, 15) is 9.90 Å². The number of unbranched alkanes of at least 4 members (excludes halogenated alkanes) is 2. The number of fused-ring (bicyclic) bond motifs is 2. The highest BCUT2D eigenvalue weighted by Gasteiger charge is 2.49. The van der Waals surface area contributed by atoms with E-state index in [1.165, 1.54) is 24.0 Å². The lowest BCUT2D eigenvalue weighted by Crippen LogP contribution is -2.45. The van der Waals surface area contributed by atoms with Crippen molar-refractivity contribution in [3.8, 4) is 29.4 Å². The van der Waals surface area contributed by atoms with Gasteiger partial charge in [0.15, 0.2) is 21.5 Å². The first-order chi connectivity index (χ1) is 19.5. The van der Waals surface area contributed by atoms with Crippen LogP contribution in [0.4, 0.5) is 0 Å². The largest absolute Gasteiger partial charge is 0.482 e. The zero-order valence-electron chi connectivity index (χ0n) is 26.5. The molecule has 0 amide bonds. The molecule has 2 aliphatic rings. The Morgan fingerprint density at radius 1 is 1.15 bits per heavy atom. The van der Waals surface area contributed by atoms with E-state index in [-0.39, 0.29) is 30.5 Å². The van der Waals surface area contributed by atoms with Crippen LogP contribution >= 0.6 is 0 Å². The van der Waals surface area contributed by atoms with E-state index in [4.69, 9.17) is 13.9 Å². The third kappa shape index (κ3) is 9.37. The Morgan fingerprint density at radius 3 is 2.63 bits per heavy atom. The Morgan fingerprint density at radius 2 is 1.93 bits per heavy atom. The van der Waals surface area contributed by atoms with Crippen molar-refractivity contribution >= 4 is 14.3 Å². The van der Waals surface area contributed by atoms with Crippen LogP contribution in [0.2, 0.25) is 18.1 Å². The first kappa shape index (κ1) is 33.3. The lowest BCUT2D eigenvalue weighted by atomic mass is 9.73. The van der Waals surface area contributed by atoms with E-state index in [1.54, 1.807) is 6.92 Å². The van der Waals surface area contributed by atoms with Crippen LogP contribution < -0.4 is 4.74 Å². The summed E-state index contributed by atoms with van der Waals surface area (Å²) in [4.78, 5) is 12.2. The van der Waals surface area contributed by atoms with E-state index in [2.05, 4.69) is 70.5 Å². The summed E-state index contributed by atoms with van der Waals surface area (Å²) in [5.74, 6) is 12.5. The summed E-state index contributed by atoms with van der Waals surface area (Å²) in [6.07, 6.45) is 9.18. The molecule has 1 aromatic rings. The molecule has 3 rings (SSSR count). The Labute approximate surface area is 250 Å². The number of benzene rings is 1. The first-order valence-electron chi connectivity index (χ1n) is 15.6. The molecule has 5 atom stereocenters. The van der Waals surface area contributed by atoms with Crippen molar-refractivity contribution in [2.45, 2.75) is 123 Å². The molecule has 0 unspecified atom stereocenters. The Hall–Kier alpha value is -2.25. The zero-order chi connectivity index (χ0) is 30.0. The number of rotatable bonds is 13. The van der Waals surface area contributed by atoms with E-state index in [0.717, 1.165) is 50.7 Å². The van der Waals surface area contributed by atoms with Crippen LogP contribution in [0, 0.1) is 41.4 Å². The van der Waals surface area contributed by atoms with Gasteiger partial charge in [-0.2, -0.15) is 0 Å². The number of esters is 1. The van der Waals surface area contributed by atoms with Gasteiger partial charge in [0.05, 0.1) is 6.10 Å². The van der Waals surface area contributed by atoms with Gasteiger partial charge in [-0.15, -0.1) is 0 Å². The van der Waals surface area contributed by atoms with Gasteiger partial charge < -0.3 is 19.0 Å². The maximum absolute atomic E-state index is 12.2. The van der Waals surface area contributed by atoms with Gasteiger partial charge in [0.25, 0.3) is 0 Å². The molecule has 0 heterocycles. The minimum Gasteiger partial charge on any atom is -0.482 e. The van der Waals surface area contributed by atoms with Crippen molar-refractivity contribution < 1.29 is 23.8 Å². The maximum atomic E-state index is 12.2. The first-order valence-corrected chi connectivity index (χ1v) is 18.5. The molecule has 5 nitrogen and oxygen atoms in total. The molecule has 0 bridgehead atoms. The minimum atomic E-state index is -1.95. The van der Waals surface area contributed by atoms with Gasteiger partial charge >= 0.3 is 5.97 Å². The minimum absolute atomic E-state index is 0.0117. The van der Waals surface area contributed by atoms with E-state index in [0.29, 0.717) is 17.8 Å². The van der Waals surface area contributed by atoms with Crippen LogP contribution in [0.15, 0.2) is 18.2 Å². The number of hydrogen-bond donors (Lipinski definition) is 1. The zero-order valence-corrected chi connectivity index (χ0v) is 27.5. The highest BCUT2D eigenvalue weighted by Crippen LogP contribution is 2.51. The summed E-state index contributed by atoms with van der Waals surface area (Å²) >= 11 is 0. The van der Waals surface area contributed by atoms with Gasteiger partial charge in [-0.05, 0) is 116 Å².